The van der Waals surface area contributed by atoms with Crippen molar-refractivity contribution in [3.63, 3.8) is 0 Å². The van der Waals surface area contributed by atoms with E-state index >= 15 is 0 Å². The molecule has 1 aromatic carbocycles. The smallest absolute Gasteiger partial charge is 0.167 e. The van der Waals surface area contributed by atoms with Crippen LogP contribution in [0.15, 0.2) is 18.2 Å². The van der Waals surface area contributed by atoms with E-state index in [1.807, 2.05) is 13.8 Å². The lowest BCUT2D eigenvalue weighted by Gasteiger charge is -2.10. The zero-order chi connectivity index (χ0) is 14.0. The Morgan fingerprint density at radius 1 is 1.47 bits per heavy atom. The zero-order valence-electron chi connectivity index (χ0n) is 11.2. The van der Waals surface area contributed by atoms with E-state index in [1.165, 1.54) is 13.2 Å². The van der Waals surface area contributed by atoms with Gasteiger partial charge in [0.1, 0.15) is 0 Å². The minimum Gasteiger partial charge on any atom is -0.494 e. The molecule has 0 bridgehead atoms. The molecule has 2 rings (SSSR count). The molecule has 0 spiro atoms. The van der Waals surface area contributed by atoms with Crippen molar-refractivity contribution < 1.29 is 9.13 Å². The van der Waals surface area contributed by atoms with Gasteiger partial charge in [-0.25, -0.2) is 9.07 Å². The molecule has 6 heteroatoms. The van der Waals surface area contributed by atoms with E-state index in [0.29, 0.717) is 23.7 Å². The summed E-state index contributed by atoms with van der Waals surface area (Å²) in [7, 11) is 1.43. The van der Waals surface area contributed by atoms with E-state index < -0.39 is 5.82 Å². The predicted octanol–water partition coefficient (Wildman–Crippen LogP) is 2.68. The topological polar surface area (TPSA) is 65.1 Å². The van der Waals surface area contributed by atoms with Gasteiger partial charge in [0.15, 0.2) is 17.4 Å². The molecule has 0 saturated carbocycles. The van der Waals surface area contributed by atoms with E-state index in [4.69, 9.17) is 10.5 Å². The van der Waals surface area contributed by atoms with Crippen molar-refractivity contribution in [3.05, 3.63) is 29.7 Å². The number of nitrogens with zero attached hydrogens (tertiary/aromatic N) is 2. The van der Waals surface area contributed by atoms with Gasteiger partial charge >= 0.3 is 0 Å². The standard InChI is InChI=1S/C13H17FN4O/c1-4-18-13(12(15)8(2)17-18)16-9-5-6-11(19-3)10(14)7-9/h5-7,16H,4,15H2,1-3H3. The molecule has 0 aliphatic carbocycles. The number of nitrogen functional groups attached to an aromatic ring is 1. The van der Waals surface area contributed by atoms with Crippen LogP contribution in [-0.2, 0) is 6.54 Å². The van der Waals surface area contributed by atoms with Crippen molar-refractivity contribution >= 4 is 17.2 Å². The predicted molar refractivity (Wildman–Crippen MR) is 73.3 cm³/mol. The highest BCUT2D eigenvalue weighted by molar-refractivity contribution is 5.71. The third-order valence-corrected chi connectivity index (χ3v) is 2.89. The van der Waals surface area contributed by atoms with Crippen molar-refractivity contribution in [2.24, 2.45) is 0 Å². The summed E-state index contributed by atoms with van der Waals surface area (Å²) in [6.07, 6.45) is 0. The Morgan fingerprint density at radius 2 is 2.21 bits per heavy atom. The van der Waals surface area contributed by atoms with Crippen LogP contribution in [0.4, 0.5) is 21.6 Å². The number of benzene rings is 1. The van der Waals surface area contributed by atoms with Crippen LogP contribution in [0.3, 0.4) is 0 Å². The molecule has 0 radical (unpaired) electrons. The Morgan fingerprint density at radius 3 is 2.79 bits per heavy atom. The first kappa shape index (κ1) is 13.2. The Labute approximate surface area is 111 Å². The van der Waals surface area contributed by atoms with Crippen LogP contribution < -0.4 is 15.8 Å². The van der Waals surface area contributed by atoms with Gasteiger partial charge in [-0.05, 0) is 26.0 Å². The summed E-state index contributed by atoms with van der Waals surface area (Å²) >= 11 is 0. The van der Waals surface area contributed by atoms with Gasteiger partial charge in [-0.3, -0.25) is 0 Å². The normalized spacial score (nSPS) is 10.5. The summed E-state index contributed by atoms with van der Waals surface area (Å²) in [6.45, 7) is 4.48. The fourth-order valence-electron chi connectivity index (χ4n) is 1.84. The van der Waals surface area contributed by atoms with E-state index in [9.17, 15) is 4.39 Å². The van der Waals surface area contributed by atoms with Crippen LogP contribution >= 0.6 is 0 Å². The van der Waals surface area contributed by atoms with Crippen LogP contribution in [0.5, 0.6) is 5.75 Å². The van der Waals surface area contributed by atoms with Gasteiger partial charge in [0.2, 0.25) is 0 Å². The van der Waals surface area contributed by atoms with Crippen LogP contribution in [0.2, 0.25) is 0 Å². The molecule has 0 atom stereocenters. The number of methoxy groups -OCH3 is 1. The van der Waals surface area contributed by atoms with Gasteiger partial charge in [-0.15, -0.1) is 0 Å². The lowest BCUT2D eigenvalue weighted by molar-refractivity contribution is 0.386. The fourth-order valence-corrected chi connectivity index (χ4v) is 1.84. The monoisotopic (exact) mass is 264 g/mol. The van der Waals surface area contributed by atoms with Crippen molar-refractivity contribution in [3.8, 4) is 5.75 Å². The van der Waals surface area contributed by atoms with E-state index in [0.717, 1.165) is 5.69 Å². The Balaban J connectivity index is 2.33. The molecule has 3 N–H and O–H groups in total. The average molecular weight is 264 g/mol. The summed E-state index contributed by atoms with van der Waals surface area (Å²) < 4.78 is 20.2. The second kappa shape index (κ2) is 5.17. The molecule has 0 aliphatic rings. The molecule has 0 amide bonds. The molecule has 0 aliphatic heterocycles. The quantitative estimate of drug-likeness (QED) is 0.891. The molecule has 0 saturated heterocycles. The third-order valence-electron chi connectivity index (χ3n) is 2.89. The zero-order valence-corrected chi connectivity index (χ0v) is 11.2. The maximum Gasteiger partial charge on any atom is 0.167 e. The SMILES string of the molecule is CCn1nc(C)c(N)c1Nc1ccc(OC)c(F)c1. The first-order valence-electron chi connectivity index (χ1n) is 6.00. The van der Waals surface area contributed by atoms with Gasteiger partial charge in [-0.1, -0.05) is 0 Å². The first-order valence-corrected chi connectivity index (χ1v) is 6.00. The minimum atomic E-state index is -0.426. The summed E-state index contributed by atoms with van der Waals surface area (Å²) in [5.41, 5.74) is 7.87. The number of halogens is 1. The first-order chi connectivity index (χ1) is 9.06. The molecule has 1 heterocycles. The summed E-state index contributed by atoms with van der Waals surface area (Å²) in [6, 6.07) is 4.65. The van der Waals surface area contributed by atoms with Gasteiger partial charge < -0.3 is 15.8 Å². The molecule has 0 unspecified atom stereocenters. The molecule has 0 fully saturated rings. The largest absolute Gasteiger partial charge is 0.494 e. The summed E-state index contributed by atoms with van der Waals surface area (Å²) in [5.74, 6) is 0.452. The number of aromatic nitrogens is 2. The van der Waals surface area contributed by atoms with Crippen LogP contribution in [0, 0.1) is 12.7 Å². The third kappa shape index (κ3) is 2.47. The highest BCUT2D eigenvalue weighted by Gasteiger charge is 2.12. The van der Waals surface area contributed by atoms with Crippen LogP contribution in [0.1, 0.15) is 12.6 Å². The van der Waals surface area contributed by atoms with Crippen molar-refractivity contribution in [2.75, 3.05) is 18.2 Å². The van der Waals surface area contributed by atoms with Crippen molar-refractivity contribution in [1.82, 2.24) is 9.78 Å². The average Bonchev–Trinajstić information content (AvgIpc) is 2.67. The maximum atomic E-state index is 13.6. The number of nitrogens with two attached hydrogens (primary N) is 1. The highest BCUT2D eigenvalue weighted by atomic mass is 19.1. The molecule has 1 aromatic heterocycles. The van der Waals surface area contributed by atoms with Crippen LogP contribution in [0.25, 0.3) is 0 Å². The second-order valence-corrected chi connectivity index (χ2v) is 4.14. The lowest BCUT2D eigenvalue weighted by Crippen LogP contribution is -2.04. The minimum absolute atomic E-state index is 0.207. The maximum absolute atomic E-state index is 13.6. The number of aryl methyl sites for hydroxylation is 2. The molecule has 5 nitrogen and oxygen atoms in total. The highest BCUT2D eigenvalue weighted by Crippen LogP contribution is 2.28. The molecule has 102 valence electrons. The van der Waals surface area contributed by atoms with E-state index in [1.54, 1.807) is 16.8 Å². The Bertz CT molecular complexity index is 595. The van der Waals surface area contributed by atoms with Crippen molar-refractivity contribution in [1.29, 1.82) is 0 Å². The summed E-state index contributed by atoms with van der Waals surface area (Å²) in [5, 5.41) is 7.38. The summed E-state index contributed by atoms with van der Waals surface area (Å²) in [4.78, 5) is 0. The van der Waals surface area contributed by atoms with Crippen molar-refractivity contribution in [2.45, 2.75) is 20.4 Å². The number of hydrogen-bond donors (Lipinski definition) is 2. The van der Waals surface area contributed by atoms with Gasteiger partial charge in [0.25, 0.3) is 0 Å². The molecular weight excluding hydrogens is 247 g/mol. The van der Waals surface area contributed by atoms with Crippen LogP contribution in [-0.4, -0.2) is 16.9 Å². The Hall–Kier alpha value is -2.24. The number of rotatable bonds is 4. The molecular formula is C13H17FN4O. The van der Waals surface area contributed by atoms with Gasteiger partial charge in [-0.2, -0.15) is 5.10 Å². The fraction of sp³-hybridized carbons (Fsp3) is 0.308. The number of hydrogen-bond acceptors (Lipinski definition) is 4. The molecule has 19 heavy (non-hydrogen) atoms. The lowest BCUT2D eigenvalue weighted by atomic mass is 10.3. The van der Waals surface area contributed by atoms with E-state index in [2.05, 4.69) is 10.4 Å². The van der Waals surface area contributed by atoms with E-state index in [-0.39, 0.29) is 5.75 Å². The number of nitrogens with one attached hydrogen (secondary N) is 1. The second-order valence-electron chi connectivity index (χ2n) is 4.14. The number of ether oxygens (including phenoxy) is 1. The van der Waals surface area contributed by atoms with Gasteiger partial charge in [0.05, 0.1) is 18.5 Å². The molecule has 2 aromatic rings. The number of anilines is 3. The van der Waals surface area contributed by atoms with Gasteiger partial charge in [0, 0.05) is 18.3 Å². The Kier molecular flexibility index (Phi) is 3.59.